The van der Waals surface area contributed by atoms with E-state index in [1.165, 1.54) is 13.0 Å². The van der Waals surface area contributed by atoms with Crippen LogP contribution in [0.15, 0.2) is 23.2 Å². The van der Waals surface area contributed by atoms with Crippen LogP contribution in [0.4, 0.5) is 0 Å². The van der Waals surface area contributed by atoms with E-state index in [9.17, 15) is 0 Å². The number of nitrogens with one attached hydrogen (secondary N) is 1. The van der Waals surface area contributed by atoms with E-state index in [4.69, 9.17) is 0 Å². The van der Waals surface area contributed by atoms with Gasteiger partial charge < -0.3 is 10.2 Å². The monoisotopic (exact) mass is 339 g/mol. The lowest BCUT2D eigenvalue weighted by atomic mass is 10.4. The van der Waals surface area contributed by atoms with Crippen molar-refractivity contribution >= 4 is 21.6 Å². The summed E-state index contributed by atoms with van der Waals surface area (Å²) in [6, 6.07) is 0. The maximum Gasteiger partial charge on any atom is 0.155 e. The third-order valence-corrected chi connectivity index (χ3v) is 3.75. The number of rotatable bonds is 8. The molecule has 0 aliphatic rings. The van der Waals surface area contributed by atoms with Gasteiger partial charge in [-0.2, -0.15) is 0 Å². The first-order valence-electron chi connectivity index (χ1n) is 7.15. The topological polar surface area (TPSA) is 45.5 Å². The number of imidazole rings is 1. The number of fused-ring (bicyclic) bond motifs is 1. The van der Waals surface area contributed by atoms with Crippen LogP contribution in [0.5, 0.6) is 0 Å². The van der Waals surface area contributed by atoms with Gasteiger partial charge in [0.25, 0.3) is 0 Å². The van der Waals surface area contributed by atoms with Gasteiger partial charge in [0.2, 0.25) is 0 Å². The molecule has 2 rings (SSSR count). The maximum absolute atomic E-state index is 4.35. The second-order valence-corrected chi connectivity index (χ2v) is 5.61. The summed E-state index contributed by atoms with van der Waals surface area (Å²) >= 11 is 3.39. The van der Waals surface area contributed by atoms with E-state index in [1.54, 1.807) is 6.20 Å². The first kappa shape index (κ1) is 15.4. The molecule has 0 aliphatic carbocycles. The Bertz CT molecular complexity index is 539. The molecule has 1 N–H and O–H groups in total. The van der Waals surface area contributed by atoms with Crippen molar-refractivity contribution in [3.63, 3.8) is 0 Å². The quantitative estimate of drug-likeness (QED) is 0.749. The molecular formula is C14H22BrN5. The minimum atomic E-state index is 0.821. The number of halogens is 1. The molecule has 0 saturated heterocycles. The van der Waals surface area contributed by atoms with E-state index < -0.39 is 0 Å². The number of aromatic nitrogens is 3. The maximum atomic E-state index is 4.35. The van der Waals surface area contributed by atoms with Crippen LogP contribution in [0.2, 0.25) is 0 Å². The Hall–Kier alpha value is -0.980. The fraction of sp³-hybridized carbons (Fsp3) is 0.571. The fourth-order valence-corrected chi connectivity index (χ4v) is 2.55. The van der Waals surface area contributed by atoms with Crippen LogP contribution in [0.3, 0.4) is 0 Å². The summed E-state index contributed by atoms with van der Waals surface area (Å²) in [5.74, 6) is 0. The van der Waals surface area contributed by atoms with Crippen molar-refractivity contribution in [3.8, 4) is 0 Å². The highest BCUT2D eigenvalue weighted by Gasteiger charge is 2.04. The average molecular weight is 340 g/mol. The largest absolute Gasteiger partial charge is 0.310 e. The van der Waals surface area contributed by atoms with Crippen molar-refractivity contribution in [2.75, 3.05) is 26.2 Å². The zero-order valence-electron chi connectivity index (χ0n) is 12.1. The first-order chi connectivity index (χ1) is 9.74. The molecule has 0 saturated carbocycles. The summed E-state index contributed by atoms with van der Waals surface area (Å²) in [5.41, 5.74) is 2.04. The molecule has 0 unspecified atom stereocenters. The summed E-state index contributed by atoms with van der Waals surface area (Å²) in [7, 11) is 0. The van der Waals surface area contributed by atoms with Crippen LogP contribution in [0.25, 0.3) is 5.65 Å². The summed E-state index contributed by atoms with van der Waals surface area (Å²) in [4.78, 5) is 11.0. The molecule has 6 heteroatoms. The van der Waals surface area contributed by atoms with E-state index >= 15 is 0 Å². The van der Waals surface area contributed by atoms with E-state index in [1.807, 2.05) is 12.4 Å². The summed E-state index contributed by atoms with van der Waals surface area (Å²) < 4.78 is 2.89. The van der Waals surface area contributed by atoms with Gasteiger partial charge in [0.05, 0.1) is 18.1 Å². The van der Waals surface area contributed by atoms with Crippen molar-refractivity contribution in [2.45, 2.75) is 26.8 Å². The van der Waals surface area contributed by atoms with Crippen molar-refractivity contribution in [1.82, 2.24) is 24.6 Å². The Morgan fingerprint density at radius 2 is 2.10 bits per heavy atom. The standard InChI is InChI=1S/C14H22BrN5/c1-3-6-19(4-2)7-5-16-8-12-9-18-14-10-17-13(15)11-20(12)14/h9-11,16H,3-8H2,1-2H3. The predicted molar refractivity (Wildman–Crippen MR) is 84.8 cm³/mol. The van der Waals surface area contributed by atoms with Crippen LogP contribution in [0.1, 0.15) is 26.0 Å². The van der Waals surface area contributed by atoms with Gasteiger partial charge in [-0.3, -0.25) is 4.40 Å². The SMILES string of the molecule is CCCN(CC)CCNCc1cnc2cnc(Br)cn12. The third-order valence-electron chi connectivity index (χ3n) is 3.34. The number of hydrogen-bond acceptors (Lipinski definition) is 4. The molecule has 0 bridgehead atoms. The summed E-state index contributed by atoms with van der Waals surface area (Å²) in [6.45, 7) is 9.63. The molecule has 0 spiro atoms. The highest BCUT2D eigenvalue weighted by Crippen LogP contribution is 2.10. The Labute approximate surface area is 128 Å². The molecule has 0 aliphatic heterocycles. The highest BCUT2D eigenvalue weighted by atomic mass is 79.9. The second kappa shape index (κ2) is 7.71. The number of nitrogens with zero attached hydrogens (tertiary/aromatic N) is 4. The van der Waals surface area contributed by atoms with Gasteiger partial charge in [0.1, 0.15) is 4.60 Å². The average Bonchev–Trinajstić information content (AvgIpc) is 2.84. The third kappa shape index (κ3) is 4.01. The molecule has 0 aromatic carbocycles. The van der Waals surface area contributed by atoms with Crippen molar-refractivity contribution in [3.05, 3.63) is 28.9 Å². The molecule has 0 fully saturated rings. The van der Waals surface area contributed by atoms with Gasteiger partial charge >= 0.3 is 0 Å². The molecule has 2 aromatic heterocycles. The molecule has 5 nitrogen and oxygen atoms in total. The van der Waals surface area contributed by atoms with E-state index in [0.717, 1.165) is 42.1 Å². The lowest BCUT2D eigenvalue weighted by molar-refractivity contribution is 0.287. The zero-order chi connectivity index (χ0) is 14.4. The van der Waals surface area contributed by atoms with Crippen LogP contribution in [-0.2, 0) is 6.54 Å². The van der Waals surface area contributed by atoms with Gasteiger partial charge in [-0.25, -0.2) is 9.97 Å². The molecule has 0 radical (unpaired) electrons. The Balaban J connectivity index is 1.85. The van der Waals surface area contributed by atoms with Gasteiger partial charge in [0, 0.05) is 25.8 Å². The van der Waals surface area contributed by atoms with E-state index in [2.05, 4.69) is 54.4 Å². The van der Waals surface area contributed by atoms with Crippen LogP contribution < -0.4 is 5.32 Å². The van der Waals surface area contributed by atoms with E-state index in [0.29, 0.717) is 0 Å². The van der Waals surface area contributed by atoms with Crippen molar-refractivity contribution < 1.29 is 0 Å². The van der Waals surface area contributed by atoms with Gasteiger partial charge in [-0.05, 0) is 35.4 Å². The van der Waals surface area contributed by atoms with Gasteiger partial charge in [-0.15, -0.1) is 0 Å². The lowest BCUT2D eigenvalue weighted by Gasteiger charge is -2.19. The van der Waals surface area contributed by atoms with E-state index in [-0.39, 0.29) is 0 Å². The molecule has 20 heavy (non-hydrogen) atoms. The molecule has 110 valence electrons. The van der Waals surface area contributed by atoms with Crippen LogP contribution in [-0.4, -0.2) is 45.4 Å². The molecule has 2 aromatic rings. The van der Waals surface area contributed by atoms with Gasteiger partial charge in [0.15, 0.2) is 5.65 Å². The first-order valence-corrected chi connectivity index (χ1v) is 7.94. The lowest BCUT2D eigenvalue weighted by Crippen LogP contribution is -2.32. The number of hydrogen-bond donors (Lipinski definition) is 1. The highest BCUT2D eigenvalue weighted by molar-refractivity contribution is 9.10. The summed E-state index contributed by atoms with van der Waals surface area (Å²) in [6.07, 6.45) is 6.84. The second-order valence-electron chi connectivity index (χ2n) is 4.80. The molecule has 2 heterocycles. The normalized spacial score (nSPS) is 11.6. The molecular weight excluding hydrogens is 318 g/mol. The fourth-order valence-electron chi connectivity index (χ4n) is 2.24. The predicted octanol–water partition coefficient (Wildman–Crippen LogP) is 2.31. The zero-order valence-corrected chi connectivity index (χ0v) is 13.7. The van der Waals surface area contributed by atoms with Crippen LogP contribution >= 0.6 is 15.9 Å². The van der Waals surface area contributed by atoms with Crippen molar-refractivity contribution in [1.29, 1.82) is 0 Å². The van der Waals surface area contributed by atoms with Crippen molar-refractivity contribution in [2.24, 2.45) is 0 Å². The summed E-state index contributed by atoms with van der Waals surface area (Å²) in [5, 5.41) is 3.48. The Kier molecular flexibility index (Phi) is 5.94. The Morgan fingerprint density at radius 1 is 1.25 bits per heavy atom. The van der Waals surface area contributed by atoms with Crippen LogP contribution in [0, 0.1) is 0 Å². The Morgan fingerprint density at radius 3 is 2.85 bits per heavy atom. The van der Waals surface area contributed by atoms with Gasteiger partial charge in [-0.1, -0.05) is 13.8 Å². The smallest absolute Gasteiger partial charge is 0.155 e. The number of likely N-dealkylation sites (N-methyl/N-ethyl adjacent to an activating group) is 1. The molecule has 0 amide bonds. The minimum absolute atomic E-state index is 0.821. The minimum Gasteiger partial charge on any atom is -0.310 e. The molecule has 0 atom stereocenters.